The van der Waals surface area contributed by atoms with Crippen LogP contribution in [0.15, 0.2) is 0 Å². The first-order valence-corrected chi connectivity index (χ1v) is 7.80. The van der Waals surface area contributed by atoms with E-state index < -0.39 is 10.7 Å². The fourth-order valence-electron chi connectivity index (χ4n) is 1.53. The van der Waals surface area contributed by atoms with Gasteiger partial charge in [0.25, 0.3) is 0 Å². The van der Waals surface area contributed by atoms with Crippen molar-refractivity contribution < 1.29 is 14.7 Å². The number of hydrogen-bond donors (Lipinski definition) is 2. The molecule has 1 unspecified atom stereocenters. The Morgan fingerprint density at radius 1 is 1.21 bits per heavy atom. The van der Waals surface area contributed by atoms with Crippen LogP contribution < -0.4 is 5.32 Å². The Bertz CT molecular complexity index is 303. The average molecular weight is 289 g/mol. The van der Waals surface area contributed by atoms with Crippen LogP contribution in [0.1, 0.15) is 53.9 Å². The summed E-state index contributed by atoms with van der Waals surface area (Å²) in [5.41, 5.74) is 0. The summed E-state index contributed by atoms with van der Waals surface area (Å²) in [6, 6.07) is 0.153. The van der Waals surface area contributed by atoms with Gasteiger partial charge in [-0.15, -0.1) is 11.8 Å². The van der Waals surface area contributed by atoms with Crippen LogP contribution in [0.4, 0.5) is 0 Å². The molecule has 0 aromatic rings. The summed E-state index contributed by atoms with van der Waals surface area (Å²) in [6.45, 7) is 9.59. The van der Waals surface area contributed by atoms with E-state index in [1.54, 1.807) is 13.8 Å². The first kappa shape index (κ1) is 18.3. The maximum absolute atomic E-state index is 11.7. The Hall–Kier alpha value is -0.710. The highest BCUT2D eigenvalue weighted by atomic mass is 32.2. The minimum absolute atomic E-state index is 0.0867. The SMILES string of the molecule is CC(C)CCCC(C)NC(=O)CSC(C)(C)C(=O)O. The third kappa shape index (κ3) is 8.92. The molecule has 2 N–H and O–H groups in total. The van der Waals surface area contributed by atoms with Crippen molar-refractivity contribution in [1.82, 2.24) is 5.32 Å². The molecule has 0 radical (unpaired) electrons. The molecule has 1 atom stereocenters. The molecule has 19 heavy (non-hydrogen) atoms. The van der Waals surface area contributed by atoms with Gasteiger partial charge in [-0.3, -0.25) is 9.59 Å². The van der Waals surface area contributed by atoms with Crippen LogP contribution in [-0.2, 0) is 9.59 Å². The summed E-state index contributed by atoms with van der Waals surface area (Å²) in [5, 5.41) is 11.9. The normalized spacial score (nSPS) is 13.4. The van der Waals surface area contributed by atoms with Crippen LogP contribution in [0.5, 0.6) is 0 Å². The minimum Gasteiger partial charge on any atom is -0.480 e. The highest BCUT2D eigenvalue weighted by molar-refractivity contribution is 8.01. The number of nitrogens with one attached hydrogen (secondary N) is 1. The predicted octanol–water partition coefficient (Wildman–Crippen LogP) is 2.91. The first-order valence-electron chi connectivity index (χ1n) is 6.82. The minimum atomic E-state index is -0.918. The van der Waals surface area contributed by atoms with Crippen LogP contribution in [0, 0.1) is 5.92 Å². The van der Waals surface area contributed by atoms with E-state index in [0.29, 0.717) is 5.92 Å². The largest absolute Gasteiger partial charge is 0.480 e. The molecule has 4 nitrogen and oxygen atoms in total. The van der Waals surface area contributed by atoms with E-state index >= 15 is 0 Å². The van der Waals surface area contributed by atoms with Crippen molar-refractivity contribution in [3.05, 3.63) is 0 Å². The van der Waals surface area contributed by atoms with E-state index in [2.05, 4.69) is 19.2 Å². The maximum Gasteiger partial charge on any atom is 0.319 e. The summed E-state index contributed by atoms with van der Waals surface area (Å²) >= 11 is 1.15. The van der Waals surface area contributed by atoms with Crippen molar-refractivity contribution in [2.45, 2.75) is 64.7 Å². The van der Waals surface area contributed by atoms with E-state index in [9.17, 15) is 9.59 Å². The van der Waals surface area contributed by atoms with Crippen LogP contribution in [0.2, 0.25) is 0 Å². The van der Waals surface area contributed by atoms with Crippen LogP contribution >= 0.6 is 11.8 Å². The van der Waals surface area contributed by atoms with Crippen LogP contribution in [0.25, 0.3) is 0 Å². The zero-order valence-electron chi connectivity index (χ0n) is 12.7. The number of carboxylic acid groups (broad SMARTS) is 1. The molecule has 0 aromatic heterocycles. The molecule has 0 saturated carbocycles. The molecule has 0 aliphatic heterocycles. The molecule has 0 aliphatic carbocycles. The van der Waals surface area contributed by atoms with Crippen molar-refractivity contribution in [1.29, 1.82) is 0 Å². The lowest BCUT2D eigenvalue weighted by Crippen LogP contribution is -2.36. The molecule has 0 aromatic carbocycles. The van der Waals surface area contributed by atoms with Gasteiger partial charge in [-0.2, -0.15) is 0 Å². The zero-order valence-corrected chi connectivity index (χ0v) is 13.5. The van der Waals surface area contributed by atoms with Crippen molar-refractivity contribution in [2.24, 2.45) is 5.92 Å². The lowest BCUT2D eigenvalue weighted by atomic mass is 10.0. The van der Waals surface area contributed by atoms with Gasteiger partial charge in [-0.25, -0.2) is 0 Å². The van der Waals surface area contributed by atoms with E-state index in [0.717, 1.165) is 24.6 Å². The highest BCUT2D eigenvalue weighted by Gasteiger charge is 2.28. The molecule has 112 valence electrons. The van der Waals surface area contributed by atoms with Crippen molar-refractivity contribution in [3.63, 3.8) is 0 Å². The van der Waals surface area contributed by atoms with Gasteiger partial charge in [0, 0.05) is 6.04 Å². The molecule has 0 heterocycles. The monoisotopic (exact) mass is 289 g/mol. The molecule has 0 spiro atoms. The maximum atomic E-state index is 11.7. The van der Waals surface area contributed by atoms with Gasteiger partial charge in [0.1, 0.15) is 4.75 Å². The number of carbonyl (C=O) groups excluding carboxylic acids is 1. The van der Waals surface area contributed by atoms with Gasteiger partial charge < -0.3 is 10.4 Å². The highest BCUT2D eigenvalue weighted by Crippen LogP contribution is 2.24. The molecule has 0 fully saturated rings. The number of aliphatic carboxylic acids is 1. The van der Waals surface area contributed by atoms with E-state index in [4.69, 9.17) is 5.11 Å². The number of amides is 1. The van der Waals surface area contributed by atoms with E-state index in [-0.39, 0.29) is 17.7 Å². The van der Waals surface area contributed by atoms with Crippen molar-refractivity contribution >= 4 is 23.6 Å². The van der Waals surface area contributed by atoms with E-state index in [1.807, 2.05) is 6.92 Å². The quantitative estimate of drug-likeness (QED) is 0.685. The molecule has 1 amide bonds. The standard InChI is InChI=1S/C14H27NO3S/c1-10(2)7-6-8-11(3)15-12(16)9-19-14(4,5)13(17)18/h10-11H,6-9H2,1-5H3,(H,15,16)(H,17,18). The van der Waals surface area contributed by atoms with Gasteiger partial charge in [0.15, 0.2) is 0 Å². The average Bonchev–Trinajstić information content (AvgIpc) is 2.25. The van der Waals surface area contributed by atoms with Gasteiger partial charge >= 0.3 is 5.97 Å². The molecular formula is C14H27NO3S. The Morgan fingerprint density at radius 2 is 1.79 bits per heavy atom. The Labute approximate surface area is 120 Å². The predicted molar refractivity (Wildman–Crippen MR) is 80.5 cm³/mol. The second kappa shape index (κ2) is 8.46. The lowest BCUT2D eigenvalue weighted by Gasteiger charge is -2.19. The van der Waals surface area contributed by atoms with Crippen LogP contribution in [0.3, 0.4) is 0 Å². The second-order valence-corrected chi connectivity index (χ2v) is 7.50. The van der Waals surface area contributed by atoms with Crippen molar-refractivity contribution in [3.8, 4) is 0 Å². The van der Waals surface area contributed by atoms with Gasteiger partial charge in [-0.05, 0) is 33.1 Å². The fraction of sp³-hybridized carbons (Fsp3) is 0.857. The van der Waals surface area contributed by atoms with E-state index in [1.165, 1.54) is 6.42 Å². The summed E-state index contributed by atoms with van der Waals surface area (Å²) in [4.78, 5) is 22.6. The smallest absolute Gasteiger partial charge is 0.319 e. The summed E-state index contributed by atoms with van der Waals surface area (Å²) in [7, 11) is 0. The molecule has 0 saturated heterocycles. The molecule has 0 aliphatic rings. The molecule has 5 heteroatoms. The van der Waals surface area contributed by atoms with Crippen molar-refractivity contribution in [2.75, 3.05) is 5.75 Å². The molecule has 0 bridgehead atoms. The number of thioether (sulfide) groups is 1. The number of carbonyl (C=O) groups is 2. The fourth-order valence-corrected chi connectivity index (χ4v) is 2.23. The topological polar surface area (TPSA) is 66.4 Å². The number of carboxylic acids is 1. The molecular weight excluding hydrogens is 262 g/mol. The number of rotatable bonds is 9. The number of hydrogen-bond acceptors (Lipinski definition) is 3. The Morgan fingerprint density at radius 3 is 2.26 bits per heavy atom. The second-order valence-electron chi connectivity index (χ2n) is 5.90. The Balaban J connectivity index is 3.88. The summed E-state index contributed by atoms with van der Waals surface area (Å²) in [5.74, 6) is -0.102. The van der Waals surface area contributed by atoms with Gasteiger partial charge in [0.2, 0.25) is 5.91 Å². The molecule has 0 rings (SSSR count). The van der Waals surface area contributed by atoms with Gasteiger partial charge in [0.05, 0.1) is 5.75 Å². The van der Waals surface area contributed by atoms with Crippen LogP contribution in [-0.4, -0.2) is 33.5 Å². The summed E-state index contributed by atoms with van der Waals surface area (Å²) < 4.78 is -0.918. The third-order valence-electron chi connectivity index (χ3n) is 2.91. The third-order valence-corrected chi connectivity index (χ3v) is 4.21. The first-order chi connectivity index (χ1) is 8.65. The van der Waals surface area contributed by atoms with Gasteiger partial charge in [-0.1, -0.05) is 26.7 Å². The summed E-state index contributed by atoms with van der Waals surface area (Å²) in [6.07, 6.45) is 3.24. The Kier molecular flexibility index (Phi) is 8.14. The lowest BCUT2D eigenvalue weighted by molar-refractivity contribution is -0.138. The zero-order chi connectivity index (χ0) is 15.1.